The van der Waals surface area contributed by atoms with Gasteiger partial charge in [-0.2, -0.15) is 0 Å². The smallest absolute Gasteiger partial charge is 0.408 e. The SMILES string of the molecule is Cc1ccc(C[C@H](COC[C@H](NC(=O)OC(C)(C)C)C(=O)O)[C@@H](OCC(C)C)[C@H](C)O)cc1. The van der Waals surface area contributed by atoms with Gasteiger partial charge in [0.15, 0.2) is 6.04 Å². The van der Waals surface area contributed by atoms with E-state index in [0.29, 0.717) is 18.9 Å². The first-order valence-corrected chi connectivity index (χ1v) is 11.4. The molecule has 0 aromatic heterocycles. The minimum atomic E-state index is -1.26. The van der Waals surface area contributed by atoms with E-state index in [-0.39, 0.29) is 19.1 Å². The third kappa shape index (κ3) is 12.0. The summed E-state index contributed by atoms with van der Waals surface area (Å²) in [7, 11) is 0. The lowest BCUT2D eigenvalue weighted by Gasteiger charge is -2.31. The molecule has 0 saturated carbocycles. The predicted octanol–water partition coefficient (Wildman–Crippen LogP) is 3.57. The summed E-state index contributed by atoms with van der Waals surface area (Å²) in [6.45, 7) is 13.2. The number of aliphatic hydroxyl groups is 1. The Morgan fingerprint density at radius 1 is 1.03 bits per heavy atom. The first kappa shape index (κ1) is 28.9. The Bertz CT molecular complexity index is 725. The number of hydrogen-bond acceptors (Lipinski definition) is 6. The van der Waals surface area contributed by atoms with Crippen LogP contribution in [0.5, 0.6) is 0 Å². The van der Waals surface area contributed by atoms with Crippen molar-refractivity contribution in [1.82, 2.24) is 5.32 Å². The second kappa shape index (κ2) is 13.5. The lowest BCUT2D eigenvalue weighted by Crippen LogP contribution is -2.46. The first-order valence-electron chi connectivity index (χ1n) is 11.4. The fourth-order valence-electron chi connectivity index (χ4n) is 3.23. The molecule has 0 heterocycles. The summed E-state index contributed by atoms with van der Waals surface area (Å²) < 4.78 is 16.9. The maximum Gasteiger partial charge on any atom is 0.408 e. The molecule has 0 unspecified atom stereocenters. The Morgan fingerprint density at radius 2 is 1.64 bits per heavy atom. The molecule has 8 nitrogen and oxygen atoms in total. The van der Waals surface area contributed by atoms with Crippen LogP contribution < -0.4 is 5.32 Å². The van der Waals surface area contributed by atoms with Gasteiger partial charge in [0, 0.05) is 12.5 Å². The number of aliphatic carboxylic acids is 1. The van der Waals surface area contributed by atoms with Gasteiger partial charge in [-0.1, -0.05) is 43.7 Å². The molecule has 0 bridgehead atoms. The second-order valence-electron chi connectivity index (χ2n) is 9.96. The number of amides is 1. The van der Waals surface area contributed by atoms with Gasteiger partial charge in [0.25, 0.3) is 0 Å². The first-order chi connectivity index (χ1) is 15.3. The molecule has 3 N–H and O–H groups in total. The number of carbonyl (C=O) groups excluding carboxylic acids is 1. The van der Waals surface area contributed by atoms with E-state index < -0.39 is 35.9 Å². The summed E-state index contributed by atoms with van der Waals surface area (Å²) in [5.41, 5.74) is 1.47. The molecular weight excluding hydrogens is 426 g/mol. The number of ether oxygens (including phenoxy) is 3. The van der Waals surface area contributed by atoms with Gasteiger partial charge < -0.3 is 29.7 Å². The normalized spacial score (nSPS) is 15.5. The highest BCUT2D eigenvalue weighted by Crippen LogP contribution is 2.20. The Kier molecular flexibility index (Phi) is 11.8. The van der Waals surface area contributed by atoms with E-state index in [1.54, 1.807) is 27.7 Å². The van der Waals surface area contributed by atoms with Crippen LogP contribution in [-0.2, 0) is 25.4 Å². The predicted molar refractivity (Wildman–Crippen MR) is 126 cm³/mol. The number of benzene rings is 1. The minimum absolute atomic E-state index is 0.154. The molecule has 188 valence electrons. The third-order valence-corrected chi connectivity index (χ3v) is 4.79. The summed E-state index contributed by atoms with van der Waals surface area (Å²) >= 11 is 0. The van der Waals surface area contributed by atoms with Crippen molar-refractivity contribution in [3.63, 3.8) is 0 Å². The highest BCUT2D eigenvalue weighted by atomic mass is 16.6. The topological polar surface area (TPSA) is 114 Å². The van der Waals surface area contributed by atoms with Crippen LogP contribution in [0.15, 0.2) is 24.3 Å². The van der Waals surface area contributed by atoms with E-state index in [0.717, 1.165) is 11.1 Å². The van der Waals surface area contributed by atoms with Gasteiger partial charge in [0.2, 0.25) is 0 Å². The zero-order valence-electron chi connectivity index (χ0n) is 21.0. The van der Waals surface area contributed by atoms with Gasteiger partial charge in [-0.05, 0) is 52.5 Å². The molecule has 0 fully saturated rings. The van der Waals surface area contributed by atoms with Crippen LogP contribution in [0.3, 0.4) is 0 Å². The van der Waals surface area contributed by atoms with Gasteiger partial charge in [0.1, 0.15) is 5.60 Å². The van der Waals surface area contributed by atoms with Crippen LogP contribution in [0.4, 0.5) is 4.79 Å². The largest absolute Gasteiger partial charge is 0.480 e. The molecule has 33 heavy (non-hydrogen) atoms. The van der Waals surface area contributed by atoms with Crippen molar-refractivity contribution in [2.24, 2.45) is 11.8 Å². The van der Waals surface area contributed by atoms with E-state index >= 15 is 0 Å². The minimum Gasteiger partial charge on any atom is -0.480 e. The average molecular weight is 468 g/mol. The number of carbonyl (C=O) groups is 2. The molecule has 1 amide bonds. The molecular formula is C25H41NO7. The number of carboxylic acids is 1. The van der Waals surface area contributed by atoms with Gasteiger partial charge >= 0.3 is 12.1 Å². The number of carboxylic acid groups (broad SMARTS) is 1. The highest BCUT2D eigenvalue weighted by Gasteiger charge is 2.29. The van der Waals surface area contributed by atoms with E-state index in [1.165, 1.54) is 0 Å². The monoisotopic (exact) mass is 467 g/mol. The molecule has 1 aromatic carbocycles. The molecule has 0 saturated heterocycles. The zero-order valence-corrected chi connectivity index (χ0v) is 21.0. The fourth-order valence-corrected chi connectivity index (χ4v) is 3.23. The van der Waals surface area contributed by atoms with E-state index in [9.17, 15) is 19.8 Å². The molecule has 0 radical (unpaired) electrons. The summed E-state index contributed by atoms with van der Waals surface area (Å²) in [5.74, 6) is -1.15. The van der Waals surface area contributed by atoms with Gasteiger partial charge in [0.05, 0.1) is 25.4 Å². The summed E-state index contributed by atoms with van der Waals surface area (Å²) in [5, 5.41) is 22.2. The van der Waals surface area contributed by atoms with Crippen LogP contribution >= 0.6 is 0 Å². The lowest BCUT2D eigenvalue weighted by atomic mass is 9.91. The van der Waals surface area contributed by atoms with E-state index in [1.807, 2.05) is 45.0 Å². The molecule has 0 aliphatic carbocycles. The standard InChI is InChI=1S/C25H41NO7/c1-16(2)13-32-22(18(4)27)20(12-19-10-8-17(3)9-11-19)14-31-15-21(23(28)29)26-24(30)33-25(5,6)7/h8-11,16,18,20-22,27H,12-15H2,1-7H3,(H,26,30)(H,28,29)/t18-,20+,21-,22-/m0/s1. The molecule has 0 aliphatic heterocycles. The molecule has 1 rings (SSSR count). The van der Waals surface area contributed by atoms with E-state index in [2.05, 4.69) is 5.32 Å². The Morgan fingerprint density at radius 3 is 2.12 bits per heavy atom. The second-order valence-corrected chi connectivity index (χ2v) is 9.96. The molecule has 8 heteroatoms. The number of rotatable bonds is 13. The lowest BCUT2D eigenvalue weighted by molar-refractivity contribution is -0.142. The zero-order chi connectivity index (χ0) is 25.2. The Balaban J connectivity index is 2.88. The molecule has 1 aromatic rings. The van der Waals surface area contributed by atoms with Crippen LogP contribution in [0.2, 0.25) is 0 Å². The van der Waals surface area contributed by atoms with Crippen molar-refractivity contribution in [3.8, 4) is 0 Å². The molecule has 0 spiro atoms. The number of aryl methyl sites for hydroxylation is 1. The number of nitrogens with one attached hydrogen (secondary N) is 1. The highest BCUT2D eigenvalue weighted by molar-refractivity contribution is 5.80. The van der Waals surface area contributed by atoms with E-state index in [4.69, 9.17) is 14.2 Å². The van der Waals surface area contributed by atoms with Crippen LogP contribution in [-0.4, -0.2) is 65.9 Å². The number of alkyl carbamates (subject to hydrolysis) is 1. The summed E-state index contributed by atoms with van der Waals surface area (Å²) in [4.78, 5) is 23.6. The van der Waals surface area contributed by atoms with Crippen molar-refractivity contribution in [2.75, 3.05) is 19.8 Å². The van der Waals surface area contributed by atoms with Crippen molar-refractivity contribution in [2.45, 2.75) is 78.7 Å². The summed E-state index contributed by atoms with van der Waals surface area (Å²) in [6.07, 6.45) is -1.46. The molecule has 0 aliphatic rings. The van der Waals surface area contributed by atoms with Crippen molar-refractivity contribution >= 4 is 12.1 Å². The van der Waals surface area contributed by atoms with Crippen LogP contribution in [0, 0.1) is 18.8 Å². The van der Waals surface area contributed by atoms with Crippen molar-refractivity contribution in [3.05, 3.63) is 35.4 Å². The van der Waals surface area contributed by atoms with Gasteiger partial charge in [-0.3, -0.25) is 0 Å². The van der Waals surface area contributed by atoms with Crippen LogP contribution in [0.1, 0.15) is 52.7 Å². The molecule has 4 atom stereocenters. The van der Waals surface area contributed by atoms with Crippen LogP contribution in [0.25, 0.3) is 0 Å². The van der Waals surface area contributed by atoms with Gasteiger partial charge in [-0.25, -0.2) is 9.59 Å². The average Bonchev–Trinajstić information content (AvgIpc) is 2.66. The van der Waals surface area contributed by atoms with Gasteiger partial charge in [-0.15, -0.1) is 0 Å². The number of aliphatic hydroxyl groups excluding tert-OH is 1. The van der Waals surface area contributed by atoms with Crippen molar-refractivity contribution in [1.29, 1.82) is 0 Å². The Hall–Kier alpha value is -2.16. The maximum atomic E-state index is 12.0. The quantitative estimate of drug-likeness (QED) is 0.406. The fraction of sp³-hybridized carbons (Fsp3) is 0.680. The summed E-state index contributed by atoms with van der Waals surface area (Å²) in [6, 6.07) is 6.82. The maximum absolute atomic E-state index is 12.0. The Labute approximate surface area is 197 Å². The van der Waals surface area contributed by atoms with Crippen molar-refractivity contribution < 1.29 is 34.0 Å². The number of hydrogen-bond donors (Lipinski definition) is 3. The third-order valence-electron chi connectivity index (χ3n) is 4.79.